The van der Waals surface area contributed by atoms with Gasteiger partial charge in [-0.05, 0) is 33.1 Å². The summed E-state index contributed by atoms with van der Waals surface area (Å²) < 4.78 is 5.10. The molecule has 0 saturated carbocycles. The number of carbonyl (C=O) groups excluding carboxylic acids is 1. The summed E-state index contributed by atoms with van der Waals surface area (Å²) in [6.45, 7) is 7.21. The zero-order chi connectivity index (χ0) is 13.5. The van der Waals surface area contributed by atoms with Crippen LogP contribution in [0.4, 0.5) is 4.79 Å². The summed E-state index contributed by atoms with van der Waals surface area (Å²) in [6, 6.07) is -0.373. The summed E-state index contributed by atoms with van der Waals surface area (Å²) in [4.78, 5) is 11.5. The molecule has 0 aromatic rings. The molecule has 5 nitrogen and oxygen atoms in total. The van der Waals surface area contributed by atoms with Crippen molar-refractivity contribution >= 4 is 6.09 Å². The van der Waals surface area contributed by atoms with Gasteiger partial charge in [0.1, 0.15) is 5.60 Å². The van der Waals surface area contributed by atoms with Gasteiger partial charge < -0.3 is 20.3 Å². The van der Waals surface area contributed by atoms with Gasteiger partial charge in [0.15, 0.2) is 0 Å². The molecular formula is C12H25NO4. The smallest absolute Gasteiger partial charge is 0.407 e. The molecule has 0 aliphatic rings. The topological polar surface area (TPSA) is 78.8 Å². The lowest BCUT2D eigenvalue weighted by molar-refractivity contribution is 0.0465. The zero-order valence-corrected chi connectivity index (χ0v) is 11.2. The van der Waals surface area contributed by atoms with Crippen molar-refractivity contribution in [3.8, 4) is 0 Å². The van der Waals surface area contributed by atoms with Crippen LogP contribution in [0.2, 0.25) is 0 Å². The summed E-state index contributed by atoms with van der Waals surface area (Å²) >= 11 is 0. The fraction of sp³-hybridized carbons (Fsp3) is 0.917. The average molecular weight is 247 g/mol. The van der Waals surface area contributed by atoms with Crippen molar-refractivity contribution in [2.45, 2.75) is 52.2 Å². The van der Waals surface area contributed by atoms with Crippen LogP contribution in [-0.2, 0) is 4.74 Å². The maximum atomic E-state index is 11.5. The molecule has 1 amide bonds. The Hall–Kier alpha value is -0.810. The number of aliphatic hydroxyl groups is 2. The van der Waals surface area contributed by atoms with Gasteiger partial charge >= 0.3 is 6.09 Å². The highest BCUT2D eigenvalue weighted by Gasteiger charge is 2.20. The van der Waals surface area contributed by atoms with Crippen molar-refractivity contribution < 1.29 is 19.7 Å². The highest BCUT2D eigenvalue weighted by atomic mass is 16.6. The van der Waals surface area contributed by atoms with E-state index in [0.717, 1.165) is 6.42 Å². The number of amides is 1. The molecule has 0 bridgehead atoms. The van der Waals surface area contributed by atoms with Crippen molar-refractivity contribution in [1.82, 2.24) is 5.32 Å². The molecule has 0 aliphatic carbocycles. The van der Waals surface area contributed by atoms with E-state index in [0.29, 0.717) is 6.42 Å². The molecule has 2 atom stereocenters. The van der Waals surface area contributed by atoms with E-state index in [1.54, 1.807) is 20.8 Å². The highest BCUT2D eigenvalue weighted by molar-refractivity contribution is 5.68. The van der Waals surface area contributed by atoms with Crippen LogP contribution < -0.4 is 5.32 Å². The first-order valence-corrected chi connectivity index (χ1v) is 6.03. The zero-order valence-electron chi connectivity index (χ0n) is 11.2. The Morgan fingerprint density at radius 2 is 1.88 bits per heavy atom. The third kappa shape index (κ3) is 7.99. The first kappa shape index (κ1) is 16.2. The molecule has 0 aliphatic heterocycles. The molecule has 0 radical (unpaired) electrons. The molecule has 0 fully saturated rings. The van der Waals surface area contributed by atoms with Crippen molar-refractivity contribution in [3.63, 3.8) is 0 Å². The minimum atomic E-state index is -0.550. The van der Waals surface area contributed by atoms with E-state index in [1.807, 2.05) is 6.92 Å². The number of nitrogens with one attached hydrogen (secondary N) is 1. The second kappa shape index (κ2) is 7.50. The molecule has 2 unspecified atom stereocenters. The Balaban J connectivity index is 4.16. The Kier molecular flexibility index (Phi) is 7.15. The molecule has 0 saturated heterocycles. The van der Waals surface area contributed by atoms with Crippen molar-refractivity contribution in [2.75, 3.05) is 13.2 Å². The van der Waals surface area contributed by atoms with Gasteiger partial charge in [-0.3, -0.25) is 0 Å². The van der Waals surface area contributed by atoms with Gasteiger partial charge in [-0.2, -0.15) is 0 Å². The normalized spacial score (nSPS) is 15.2. The van der Waals surface area contributed by atoms with Crippen LogP contribution in [0, 0.1) is 5.92 Å². The predicted octanol–water partition coefficient (Wildman–Crippen LogP) is 1.28. The number of rotatable bonds is 6. The molecule has 0 spiro atoms. The Labute approximate surface area is 103 Å². The standard InChI is InChI=1S/C12H25NO4/c1-5-9(7-14)6-10(8-15)13-11(16)17-12(2,3)4/h9-10,14-15H,5-8H2,1-4H3,(H,13,16). The molecule has 0 aromatic carbocycles. The summed E-state index contributed by atoms with van der Waals surface area (Å²) in [5, 5.41) is 20.8. The molecule has 0 aromatic heterocycles. The van der Waals surface area contributed by atoms with Gasteiger partial charge in [0.25, 0.3) is 0 Å². The second-order valence-electron chi connectivity index (χ2n) is 5.22. The Morgan fingerprint density at radius 3 is 2.24 bits per heavy atom. The number of ether oxygens (including phenoxy) is 1. The second-order valence-corrected chi connectivity index (χ2v) is 5.22. The molecule has 5 heteroatoms. The molecule has 3 N–H and O–H groups in total. The van der Waals surface area contributed by atoms with E-state index >= 15 is 0 Å². The highest BCUT2D eigenvalue weighted by Crippen LogP contribution is 2.11. The van der Waals surface area contributed by atoms with E-state index in [2.05, 4.69) is 5.32 Å². The monoisotopic (exact) mass is 247 g/mol. The first-order valence-electron chi connectivity index (χ1n) is 6.03. The molecular weight excluding hydrogens is 222 g/mol. The quantitative estimate of drug-likeness (QED) is 0.660. The van der Waals surface area contributed by atoms with Gasteiger partial charge in [-0.25, -0.2) is 4.79 Å². The molecule has 0 rings (SSSR count). The van der Waals surface area contributed by atoms with Crippen LogP contribution in [0.25, 0.3) is 0 Å². The van der Waals surface area contributed by atoms with Crippen LogP contribution in [0.5, 0.6) is 0 Å². The maximum absolute atomic E-state index is 11.5. The Morgan fingerprint density at radius 1 is 1.29 bits per heavy atom. The Bertz CT molecular complexity index is 221. The number of alkyl carbamates (subject to hydrolysis) is 1. The minimum absolute atomic E-state index is 0.0585. The first-order chi connectivity index (χ1) is 7.82. The third-order valence-electron chi connectivity index (χ3n) is 2.39. The van der Waals surface area contributed by atoms with Crippen LogP contribution in [0.3, 0.4) is 0 Å². The summed E-state index contributed by atoms with van der Waals surface area (Å²) in [5.74, 6) is 0.0853. The fourth-order valence-corrected chi connectivity index (χ4v) is 1.43. The van der Waals surface area contributed by atoms with Crippen molar-refractivity contribution in [3.05, 3.63) is 0 Å². The van der Waals surface area contributed by atoms with Crippen molar-refractivity contribution in [2.24, 2.45) is 5.92 Å². The van der Waals surface area contributed by atoms with Crippen LogP contribution in [0.15, 0.2) is 0 Å². The molecule has 0 heterocycles. The lowest BCUT2D eigenvalue weighted by Gasteiger charge is -2.24. The number of carbonyl (C=O) groups is 1. The number of hydrogen-bond acceptors (Lipinski definition) is 4. The van der Waals surface area contributed by atoms with E-state index in [-0.39, 0.29) is 25.2 Å². The SMILES string of the molecule is CCC(CO)CC(CO)NC(=O)OC(C)(C)C. The lowest BCUT2D eigenvalue weighted by atomic mass is 9.98. The summed E-state index contributed by atoms with van der Waals surface area (Å²) in [5.41, 5.74) is -0.550. The number of hydrogen-bond donors (Lipinski definition) is 3. The van der Waals surface area contributed by atoms with Gasteiger partial charge in [0.2, 0.25) is 0 Å². The largest absolute Gasteiger partial charge is 0.444 e. The van der Waals surface area contributed by atoms with Crippen LogP contribution >= 0.6 is 0 Å². The summed E-state index contributed by atoms with van der Waals surface area (Å²) in [7, 11) is 0. The molecule has 102 valence electrons. The average Bonchev–Trinajstić information content (AvgIpc) is 2.21. The van der Waals surface area contributed by atoms with Gasteiger partial charge in [0, 0.05) is 6.61 Å². The minimum Gasteiger partial charge on any atom is -0.444 e. The summed E-state index contributed by atoms with van der Waals surface area (Å²) in [6.07, 6.45) is 0.815. The van der Waals surface area contributed by atoms with E-state index in [1.165, 1.54) is 0 Å². The van der Waals surface area contributed by atoms with Crippen LogP contribution in [-0.4, -0.2) is 41.2 Å². The van der Waals surface area contributed by atoms with Gasteiger partial charge in [-0.1, -0.05) is 13.3 Å². The van der Waals surface area contributed by atoms with Crippen molar-refractivity contribution in [1.29, 1.82) is 0 Å². The number of aliphatic hydroxyl groups excluding tert-OH is 2. The van der Waals surface area contributed by atoms with Crippen LogP contribution in [0.1, 0.15) is 40.5 Å². The predicted molar refractivity (Wildman–Crippen MR) is 65.7 cm³/mol. The van der Waals surface area contributed by atoms with E-state index < -0.39 is 11.7 Å². The van der Waals surface area contributed by atoms with Gasteiger partial charge in [-0.15, -0.1) is 0 Å². The van der Waals surface area contributed by atoms with E-state index in [4.69, 9.17) is 14.9 Å². The fourth-order valence-electron chi connectivity index (χ4n) is 1.43. The lowest BCUT2D eigenvalue weighted by Crippen LogP contribution is -2.42. The third-order valence-corrected chi connectivity index (χ3v) is 2.39. The molecule has 17 heavy (non-hydrogen) atoms. The maximum Gasteiger partial charge on any atom is 0.407 e. The van der Waals surface area contributed by atoms with Gasteiger partial charge in [0.05, 0.1) is 12.6 Å². The van der Waals surface area contributed by atoms with E-state index in [9.17, 15) is 4.79 Å².